The molecule has 2 aliphatic heterocycles. The molecule has 2 fully saturated rings. The van der Waals surface area contributed by atoms with Crippen LogP contribution in [0.15, 0.2) is 5.11 Å². The number of nitrogens with zero attached hydrogens (tertiary/aromatic N) is 3. The molecule has 0 spiro atoms. The molecule has 0 aromatic heterocycles. The van der Waals surface area contributed by atoms with Crippen LogP contribution in [0.25, 0.3) is 10.4 Å². The lowest BCUT2D eigenvalue weighted by Crippen LogP contribution is -2.57. The molecule has 0 aromatic carbocycles. The highest BCUT2D eigenvalue weighted by Gasteiger charge is 2.54. The third kappa shape index (κ3) is 3.85. The molecule has 0 aromatic rings. The Balaban J connectivity index is 2.08. The molecule has 2 rings (SSSR count). The molecule has 2 aliphatic rings. The quantitative estimate of drug-likeness (QED) is 0.348. The number of hydrogen-bond donors (Lipinski definition) is 1. The van der Waals surface area contributed by atoms with Crippen molar-refractivity contribution >= 4 is 0 Å². The zero-order valence-electron chi connectivity index (χ0n) is 12.6. The van der Waals surface area contributed by atoms with Gasteiger partial charge in [0.1, 0.15) is 18.3 Å². The summed E-state index contributed by atoms with van der Waals surface area (Å²) in [6.07, 6.45) is -1.40. The highest BCUT2D eigenvalue weighted by atomic mass is 16.8. The van der Waals surface area contributed by atoms with Gasteiger partial charge in [-0.2, -0.15) is 0 Å². The van der Waals surface area contributed by atoms with E-state index in [1.165, 1.54) is 0 Å². The largest absolute Gasteiger partial charge is 0.385 e. The van der Waals surface area contributed by atoms with Crippen molar-refractivity contribution in [2.75, 3.05) is 13.2 Å². The van der Waals surface area contributed by atoms with Gasteiger partial charge in [-0.05, 0) is 25.8 Å². The summed E-state index contributed by atoms with van der Waals surface area (Å²) < 4.78 is 22.8. The van der Waals surface area contributed by atoms with Gasteiger partial charge < -0.3 is 24.1 Å². The summed E-state index contributed by atoms with van der Waals surface area (Å²) in [6.45, 7) is 6.20. The highest BCUT2D eigenvalue weighted by molar-refractivity contribution is 4.97. The van der Waals surface area contributed by atoms with Crippen LogP contribution >= 0.6 is 0 Å². The van der Waals surface area contributed by atoms with Crippen molar-refractivity contribution < 1.29 is 24.1 Å². The van der Waals surface area contributed by atoms with Crippen molar-refractivity contribution in [2.24, 2.45) is 5.11 Å². The first-order valence-corrected chi connectivity index (χ1v) is 7.30. The maximum atomic E-state index is 10.4. The summed E-state index contributed by atoms with van der Waals surface area (Å²) >= 11 is 0. The molecule has 2 saturated heterocycles. The number of rotatable bonds is 6. The maximum absolute atomic E-state index is 10.4. The van der Waals surface area contributed by atoms with Crippen LogP contribution in [-0.2, 0) is 18.9 Å². The van der Waals surface area contributed by atoms with Gasteiger partial charge in [-0.3, -0.25) is 0 Å². The molecule has 8 heteroatoms. The predicted octanol–water partition coefficient (Wildman–Crippen LogP) is 1.72. The van der Waals surface area contributed by atoms with Crippen LogP contribution in [0.3, 0.4) is 0 Å². The van der Waals surface area contributed by atoms with Crippen LogP contribution < -0.4 is 0 Å². The van der Waals surface area contributed by atoms with E-state index in [1.54, 1.807) is 13.8 Å². The summed E-state index contributed by atoms with van der Waals surface area (Å²) in [5.74, 6) is -0.813. The van der Waals surface area contributed by atoms with E-state index in [2.05, 4.69) is 16.9 Å². The number of azide groups is 1. The number of unbranched alkanes of at least 4 members (excludes halogenated alkanes) is 1. The van der Waals surface area contributed by atoms with E-state index in [0.29, 0.717) is 6.61 Å². The second-order valence-electron chi connectivity index (χ2n) is 5.74. The van der Waals surface area contributed by atoms with Crippen molar-refractivity contribution in [1.29, 1.82) is 0 Å². The van der Waals surface area contributed by atoms with Gasteiger partial charge in [-0.15, -0.1) is 0 Å². The topological polar surface area (TPSA) is 106 Å². The second kappa shape index (κ2) is 6.91. The Morgan fingerprint density at radius 2 is 2.05 bits per heavy atom. The van der Waals surface area contributed by atoms with Crippen molar-refractivity contribution in [3.63, 3.8) is 0 Å². The Bertz CT molecular complexity index is 399. The number of hydrogen-bond acceptors (Lipinski definition) is 6. The van der Waals surface area contributed by atoms with E-state index < -0.39 is 36.5 Å². The maximum Gasteiger partial charge on any atom is 0.186 e. The van der Waals surface area contributed by atoms with Gasteiger partial charge in [-0.25, -0.2) is 0 Å². The molecule has 5 atom stereocenters. The van der Waals surface area contributed by atoms with Gasteiger partial charge in [0.2, 0.25) is 0 Å². The lowest BCUT2D eigenvalue weighted by molar-refractivity contribution is -0.275. The van der Waals surface area contributed by atoms with E-state index in [0.717, 1.165) is 12.8 Å². The van der Waals surface area contributed by atoms with E-state index in [-0.39, 0.29) is 6.54 Å². The molecule has 21 heavy (non-hydrogen) atoms. The van der Waals surface area contributed by atoms with Gasteiger partial charge in [0, 0.05) is 11.5 Å². The Morgan fingerprint density at radius 3 is 2.71 bits per heavy atom. The minimum atomic E-state index is -0.934. The molecule has 120 valence electrons. The minimum Gasteiger partial charge on any atom is -0.385 e. The van der Waals surface area contributed by atoms with Crippen LogP contribution in [0.1, 0.15) is 33.6 Å². The number of aliphatic hydroxyl groups is 1. The Hall–Kier alpha value is -0.890. The van der Waals surface area contributed by atoms with E-state index in [9.17, 15) is 5.11 Å². The summed E-state index contributed by atoms with van der Waals surface area (Å²) in [7, 11) is 0. The van der Waals surface area contributed by atoms with Gasteiger partial charge in [-0.1, -0.05) is 18.5 Å². The lowest BCUT2D eigenvalue weighted by Gasteiger charge is -2.39. The average molecular weight is 301 g/mol. The molecule has 0 amide bonds. The van der Waals surface area contributed by atoms with Crippen LogP contribution in [0.5, 0.6) is 0 Å². The SMILES string of the molecule is CCCCOC1OC(CN=[N+]=[N-])C2OC(C)(C)OC2C1O. The molecular formula is C13H23N3O5. The molecule has 0 aliphatic carbocycles. The molecular weight excluding hydrogens is 278 g/mol. The fourth-order valence-corrected chi connectivity index (χ4v) is 2.60. The van der Waals surface area contributed by atoms with Crippen molar-refractivity contribution in [3.8, 4) is 0 Å². The van der Waals surface area contributed by atoms with Crippen LogP contribution in [0, 0.1) is 0 Å². The average Bonchev–Trinajstić information content (AvgIpc) is 2.76. The summed E-state index contributed by atoms with van der Waals surface area (Å²) in [4.78, 5) is 2.75. The third-order valence-electron chi connectivity index (χ3n) is 3.56. The zero-order valence-corrected chi connectivity index (χ0v) is 12.6. The van der Waals surface area contributed by atoms with Gasteiger partial charge in [0.15, 0.2) is 12.1 Å². The van der Waals surface area contributed by atoms with Crippen molar-refractivity contribution in [3.05, 3.63) is 10.4 Å². The molecule has 0 saturated carbocycles. The summed E-state index contributed by atoms with van der Waals surface area (Å²) in [6, 6.07) is 0. The van der Waals surface area contributed by atoms with Crippen LogP contribution in [-0.4, -0.2) is 54.8 Å². The fraction of sp³-hybridized carbons (Fsp3) is 1.00. The monoisotopic (exact) mass is 301 g/mol. The Kier molecular flexibility index (Phi) is 5.43. The zero-order chi connectivity index (χ0) is 15.5. The van der Waals surface area contributed by atoms with Crippen LogP contribution in [0.4, 0.5) is 0 Å². The smallest absolute Gasteiger partial charge is 0.186 e. The highest BCUT2D eigenvalue weighted by Crippen LogP contribution is 2.37. The van der Waals surface area contributed by atoms with Gasteiger partial charge in [0.25, 0.3) is 0 Å². The third-order valence-corrected chi connectivity index (χ3v) is 3.56. The van der Waals surface area contributed by atoms with Crippen molar-refractivity contribution in [2.45, 2.75) is 70.1 Å². The first kappa shape index (κ1) is 16.5. The standard InChI is InChI=1S/C13H23N3O5/c1-4-5-6-18-12-9(17)11-10(20-13(2,3)21-11)8(19-12)7-15-16-14/h8-12,17H,4-7H2,1-3H3. The Labute approximate surface area is 123 Å². The second-order valence-corrected chi connectivity index (χ2v) is 5.74. The van der Waals surface area contributed by atoms with Crippen LogP contribution in [0.2, 0.25) is 0 Å². The number of aliphatic hydroxyl groups excluding tert-OH is 1. The Morgan fingerprint density at radius 1 is 1.33 bits per heavy atom. The fourth-order valence-electron chi connectivity index (χ4n) is 2.60. The van der Waals surface area contributed by atoms with E-state index in [4.69, 9.17) is 24.5 Å². The molecule has 1 N–H and O–H groups in total. The molecule has 8 nitrogen and oxygen atoms in total. The predicted molar refractivity (Wildman–Crippen MR) is 73.4 cm³/mol. The van der Waals surface area contributed by atoms with E-state index >= 15 is 0 Å². The first-order valence-electron chi connectivity index (χ1n) is 7.30. The molecule has 2 heterocycles. The van der Waals surface area contributed by atoms with E-state index in [1.807, 2.05) is 0 Å². The number of fused-ring (bicyclic) bond motifs is 1. The lowest BCUT2D eigenvalue weighted by atomic mass is 9.99. The normalized spacial score (nSPS) is 37.8. The summed E-state index contributed by atoms with van der Waals surface area (Å²) in [5.41, 5.74) is 8.48. The minimum absolute atomic E-state index is 0.109. The molecule has 0 bridgehead atoms. The summed E-state index contributed by atoms with van der Waals surface area (Å²) in [5, 5.41) is 13.9. The first-order chi connectivity index (χ1) is 9.98. The van der Waals surface area contributed by atoms with Crippen molar-refractivity contribution in [1.82, 2.24) is 0 Å². The molecule has 0 radical (unpaired) electrons. The molecule has 5 unspecified atom stereocenters. The van der Waals surface area contributed by atoms with Gasteiger partial charge in [0.05, 0.1) is 12.6 Å². The van der Waals surface area contributed by atoms with Gasteiger partial charge >= 0.3 is 0 Å². The number of ether oxygens (including phenoxy) is 4.